The second kappa shape index (κ2) is 12.5. The first-order chi connectivity index (χ1) is 17.5. The van der Waals surface area contributed by atoms with E-state index in [1.165, 1.54) is 0 Å². The summed E-state index contributed by atoms with van der Waals surface area (Å²) in [5, 5.41) is 3.10. The van der Waals surface area contributed by atoms with Crippen LogP contribution in [0, 0.1) is 5.92 Å². The first kappa shape index (κ1) is 26.3. The van der Waals surface area contributed by atoms with Gasteiger partial charge in [-0.25, -0.2) is 0 Å². The molecule has 7 nitrogen and oxygen atoms in total. The molecule has 2 amide bonds. The SMILES string of the molecule is CCN(CC)C(=O)c1ccc([C@H](c2cccc(NC(=O)C3CC3)c2)N2CCN(CCOC)CC2)cc1. The Labute approximate surface area is 215 Å². The number of anilines is 1. The van der Waals surface area contributed by atoms with Crippen molar-refractivity contribution in [2.24, 2.45) is 5.92 Å². The molecule has 1 aliphatic heterocycles. The second-order valence-corrected chi connectivity index (χ2v) is 9.76. The number of carbonyl (C=O) groups is 2. The predicted octanol–water partition coefficient (Wildman–Crippen LogP) is 3.87. The molecule has 1 saturated heterocycles. The summed E-state index contributed by atoms with van der Waals surface area (Å²) >= 11 is 0. The second-order valence-electron chi connectivity index (χ2n) is 9.76. The van der Waals surface area contributed by atoms with E-state index in [1.807, 2.05) is 43.0 Å². The molecule has 2 aromatic rings. The van der Waals surface area contributed by atoms with Crippen LogP contribution in [0.1, 0.15) is 54.2 Å². The van der Waals surface area contributed by atoms with Gasteiger partial charge in [0.15, 0.2) is 0 Å². The van der Waals surface area contributed by atoms with E-state index in [0.717, 1.165) is 74.6 Å². The van der Waals surface area contributed by atoms with Crippen LogP contribution in [0.15, 0.2) is 48.5 Å². The molecule has 1 saturated carbocycles. The van der Waals surface area contributed by atoms with E-state index in [-0.39, 0.29) is 23.8 Å². The van der Waals surface area contributed by atoms with E-state index >= 15 is 0 Å². The fourth-order valence-electron chi connectivity index (χ4n) is 4.96. The predicted molar refractivity (Wildman–Crippen MR) is 143 cm³/mol. The van der Waals surface area contributed by atoms with Gasteiger partial charge in [-0.3, -0.25) is 19.4 Å². The van der Waals surface area contributed by atoms with Crippen molar-refractivity contribution < 1.29 is 14.3 Å². The van der Waals surface area contributed by atoms with Crippen molar-refractivity contribution in [2.45, 2.75) is 32.7 Å². The standard InChI is InChI=1S/C29H40N4O3/c1-4-32(5-2)29(35)24-13-9-22(10-14-24)27(33-17-15-31(16-18-33)19-20-36-3)25-7-6-8-26(21-25)30-28(34)23-11-12-23/h6-10,13-14,21,23,27H,4-5,11-12,15-20H2,1-3H3,(H,30,34)/t27-/m1/s1. The normalized spacial score (nSPS) is 17.5. The van der Waals surface area contributed by atoms with Gasteiger partial charge in [-0.2, -0.15) is 0 Å². The van der Waals surface area contributed by atoms with Crippen molar-refractivity contribution in [1.82, 2.24) is 14.7 Å². The highest BCUT2D eigenvalue weighted by Gasteiger charge is 2.30. The first-order valence-corrected chi connectivity index (χ1v) is 13.3. The zero-order valence-corrected chi connectivity index (χ0v) is 21.9. The van der Waals surface area contributed by atoms with Gasteiger partial charge in [0, 0.05) is 70.1 Å². The number of hydrogen-bond acceptors (Lipinski definition) is 5. The molecule has 2 aromatic carbocycles. The lowest BCUT2D eigenvalue weighted by molar-refractivity contribution is -0.117. The Kier molecular flexibility index (Phi) is 9.13. The van der Waals surface area contributed by atoms with Gasteiger partial charge in [0.25, 0.3) is 5.91 Å². The third-order valence-electron chi connectivity index (χ3n) is 7.33. The highest BCUT2D eigenvalue weighted by atomic mass is 16.5. The zero-order valence-electron chi connectivity index (χ0n) is 21.9. The molecule has 1 N–H and O–H groups in total. The summed E-state index contributed by atoms with van der Waals surface area (Å²) in [5.41, 5.74) is 3.87. The minimum absolute atomic E-state index is 0.0463. The Bertz CT molecular complexity index is 1010. The molecule has 1 aliphatic carbocycles. The average molecular weight is 493 g/mol. The zero-order chi connectivity index (χ0) is 25.5. The number of nitrogens with one attached hydrogen (secondary N) is 1. The Balaban J connectivity index is 1.58. The third-order valence-corrected chi connectivity index (χ3v) is 7.33. The maximum atomic E-state index is 12.8. The number of nitrogens with zero attached hydrogens (tertiary/aromatic N) is 3. The average Bonchev–Trinajstić information content (AvgIpc) is 3.76. The highest BCUT2D eigenvalue weighted by Crippen LogP contribution is 2.33. The minimum Gasteiger partial charge on any atom is -0.383 e. The van der Waals surface area contributed by atoms with Crippen LogP contribution in [0.25, 0.3) is 0 Å². The molecule has 1 atom stereocenters. The topological polar surface area (TPSA) is 65.1 Å². The lowest BCUT2D eigenvalue weighted by Crippen LogP contribution is -2.48. The van der Waals surface area contributed by atoms with Crippen molar-refractivity contribution in [3.05, 3.63) is 65.2 Å². The molecule has 0 spiro atoms. The van der Waals surface area contributed by atoms with Crippen LogP contribution < -0.4 is 5.32 Å². The van der Waals surface area contributed by atoms with Crippen molar-refractivity contribution in [3.63, 3.8) is 0 Å². The molecule has 4 rings (SSSR count). The van der Waals surface area contributed by atoms with Crippen LogP contribution in [0.2, 0.25) is 0 Å². The fraction of sp³-hybridized carbons (Fsp3) is 0.517. The van der Waals surface area contributed by atoms with Gasteiger partial charge < -0.3 is 15.0 Å². The van der Waals surface area contributed by atoms with Crippen molar-refractivity contribution in [3.8, 4) is 0 Å². The van der Waals surface area contributed by atoms with E-state index in [0.29, 0.717) is 13.1 Å². The Morgan fingerprint density at radius 2 is 1.69 bits per heavy atom. The molecule has 36 heavy (non-hydrogen) atoms. The molecule has 7 heteroatoms. The van der Waals surface area contributed by atoms with Crippen LogP contribution in [0.4, 0.5) is 5.69 Å². The third kappa shape index (κ3) is 6.52. The molecular formula is C29H40N4O3. The van der Waals surface area contributed by atoms with Crippen LogP contribution in [0.3, 0.4) is 0 Å². The number of piperazine rings is 1. The number of amides is 2. The molecule has 0 unspecified atom stereocenters. The van der Waals surface area contributed by atoms with Crippen LogP contribution in [-0.2, 0) is 9.53 Å². The number of carbonyl (C=O) groups excluding carboxylic acids is 2. The van der Waals surface area contributed by atoms with Crippen molar-refractivity contribution in [1.29, 1.82) is 0 Å². The molecule has 0 bridgehead atoms. The molecule has 2 fully saturated rings. The van der Waals surface area contributed by atoms with Gasteiger partial charge in [0.2, 0.25) is 5.91 Å². The molecule has 1 heterocycles. The Morgan fingerprint density at radius 1 is 1.00 bits per heavy atom. The molecule has 194 valence electrons. The number of ether oxygens (including phenoxy) is 1. The van der Waals surface area contributed by atoms with Gasteiger partial charge in [-0.15, -0.1) is 0 Å². The van der Waals surface area contributed by atoms with Crippen molar-refractivity contribution >= 4 is 17.5 Å². The quantitative estimate of drug-likeness (QED) is 0.516. The van der Waals surface area contributed by atoms with E-state index < -0.39 is 0 Å². The van der Waals surface area contributed by atoms with Crippen LogP contribution in [-0.4, -0.2) is 86.0 Å². The summed E-state index contributed by atoms with van der Waals surface area (Å²) in [7, 11) is 1.75. The van der Waals surface area contributed by atoms with E-state index in [9.17, 15) is 9.59 Å². The van der Waals surface area contributed by atoms with Gasteiger partial charge in [0.05, 0.1) is 12.6 Å². The fourth-order valence-corrected chi connectivity index (χ4v) is 4.96. The van der Waals surface area contributed by atoms with E-state index in [2.05, 4.69) is 39.4 Å². The lowest BCUT2D eigenvalue weighted by atomic mass is 9.94. The maximum Gasteiger partial charge on any atom is 0.253 e. The summed E-state index contributed by atoms with van der Waals surface area (Å²) < 4.78 is 5.27. The number of rotatable bonds is 11. The number of hydrogen-bond donors (Lipinski definition) is 1. The van der Waals surface area contributed by atoms with Crippen LogP contribution in [0.5, 0.6) is 0 Å². The summed E-state index contributed by atoms with van der Waals surface area (Å²) in [6, 6.07) is 16.4. The van der Waals surface area contributed by atoms with Gasteiger partial charge in [-0.1, -0.05) is 24.3 Å². The Morgan fingerprint density at radius 3 is 2.31 bits per heavy atom. The van der Waals surface area contributed by atoms with Crippen molar-refractivity contribution in [2.75, 3.05) is 64.8 Å². The summed E-state index contributed by atoms with van der Waals surface area (Å²) in [6.45, 7) is 10.9. The largest absolute Gasteiger partial charge is 0.383 e. The van der Waals surface area contributed by atoms with Crippen LogP contribution >= 0.6 is 0 Å². The van der Waals surface area contributed by atoms with Gasteiger partial charge in [-0.05, 0) is 62.1 Å². The summed E-state index contributed by atoms with van der Waals surface area (Å²) in [6.07, 6.45) is 1.97. The first-order valence-electron chi connectivity index (χ1n) is 13.3. The van der Waals surface area contributed by atoms with Gasteiger partial charge in [0.1, 0.15) is 0 Å². The number of methoxy groups -OCH3 is 1. The number of benzene rings is 2. The molecule has 0 aromatic heterocycles. The Hall–Kier alpha value is -2.74. The summed E-state index contributed by atoms with van der Waals surface area (Å²) in [5.74, 6) is 0.356. The van der Waals surface area contributed by atoms with E-state index in [1.54, 1.807) is 7.11 Å². The monoisotopic (exact) mass is 492 g/mol. The van der Waals surface area contributed by atoms with Gasteiger partial charge >= 0.3 is 0 Å². The lowest BCUT2D eigenvalue weighted by Gasteiger charge is -2.40. The van der Waals surface area contributed by atoms with E-state index in [4.69, 9.17) is 4.74 Å². The smallest absolute Gasteiger partial charge is 0.253 e. The maximum absolute atomic E-state index is 12.8. The molecule has 0 radical (unpaired) electrons. The molecular weight excluding hydrogens is 452 g/mol. The minimum atomic E-state index is 0.0463. The molecule has 2 aliphatic rings. The highest BCUT2D eigenvalue weighted by molar-refractivity contribution is 5.94. The summed E-state index contributed by atoms with van der Waals surface area (Å²) in [4.78, 5) is 32.0.